The molecular formula is C29H50O2. The fourth-order valence-corrected chi connectivity index (χ4v) is 4.78. The first-order valence-corrected chi connectivity index (χ1v) is 13.0. The van der Waals surface area contributed by atoms with E-state index in [0.717, 1.165) is 36.2 Å². The van der Waals surface area contributed by atoms with E-state index < -0.39 is 0 Å². The van der Waals surface area contributed by atoms with Crippen molar-refractivity contribution in [3.05, 3.63) is 22.3 Å². The number of rotatable bonds is 15. The normalized spacial score (nSPS) is 18.2. The molecule has 0 amide bonds. The van der Waals surface area contributed by atoms with Crippen molar-refractivity contribution in [1.82, 2.24) is 0 Å². The van der Waals surface area contributed by atoms with E-state index in [1.807, 2.05) is 6.92 Å². The molecule has 0 aliphatic heterocycles. The number of hydrogen-bond donors (Lipinski definition) is 0. The highest BCUT2D eigenvalue weighted by molar-refractivity contribution is 6.24. The van der Waals surface area contributed by atoms with Gasteiger partial charge in [0.15, 0.2) is 11.6 Å². The molecule has 1 rings (SSSR count). The van der Waals surface area contributed by atoms with Crippen molar-refractivity contribution in [2.24, 2.45) is 23.7 Å². The first-order chi connectivity index (χ1) is 14.5. The van der Waals surface area contributed by atoms with Crippen LogP contribution in [0.4, 0.5) is 0 Å². The second-order valence-electron chi connectivity index (χ2n) is 11.1. The molecule has 0 fully saturated rings. The average Bonchev–Trinajstić information content (AvgIpc) is 2.70. The number of ketones is 2. The Morgan fingerprint density at radius 3 is 1.35 bits per heavy atom. The van der Waals surface area contributed by atoms with E-state index in [1.165, 1.54) is 57.8 Å². The quantitative estimate of drug-likeness (QED) is 0.244. The van der Waals surface area contributed by atoms with Gasteiger partial charge in [-0.3, -0.25) is 9.59 Å². The van der Waals surface area contributed by atoms with Crippen LogP contribution in [0.15, 0.2) is 22.3 Å². The predicted octanol–water partition coefficient (Wildman–Crippen LogP) is 8.65. The third-order valence-electron chi connectivity index (χ3n) is 7.46. The van der Waals surface area contributed by atoms with Gasteiger partial charge in [-0.2, -0.15) is 0 Å². The highest BCUT2D eigenvalue weighted by Crippen LogP contribution is 2.29. The summed E-state index contributed by atoms with van der Waals surface area (Å²) in [7, 11) is 0. The van der Waals surface area contributed by atoms with Crippen LogP contribution in [0.1, 0.15) is 126 Å². The molecule has 0 aromatic heterocycles. The van der Waals surface area contributed by atoms with Gasteiger partial charge in [0.25, 0.3) is 0 Å². The van der Waals surface area contributed by atoms with Gasteiger partial charge in [-0.05, 0) is 57.3 Å². The fourth-order valence-electron chi connectivity index (χ4n) is 4.78. The van der Waals surface area contributed by atoms with E-state index in [-0.39, 0.29) is 11.6 Å². The Morgan fingerprint density at radius 2 is 0.903 bits per heavy atom. The van der Waals surface area contributed by atoms with Crippen molar-refractivity contribution in [3.63, 3.8) is 0 Å². The molecule has 0 saturated heterocycles. The summed E-state index contributed by atoms with van der Waals surface area (Å²) in [4.78, 5) is 24.9. The van der Waals surface area contributed by atoms with E-state index >= 15 is 0 Å². The number of carbonyl (C=O) groups excluding carboxylic acids is 2. The molecule has 0 radical (unpaired) electrons. The zero-order chi connectivity index (χ0) is 23.6. The van der Waals surface area contributed by atoms with Gasteiger partial charge in [0.1, 0.15) is 0 Å². The number of hydrogen-bond acceptors (Lipinski definition) is 2. The summed E-state index contributed by atoms with van der Waals surface area (Å²) in [5, 5.41) is 0. The minimum Gasteiger partial charge on any atom is -0.289 e. The second kappa shape index (κ2) is 14.1. The van der Waals surface area contributed by atoms with Crippen molar-refractivity contribution < 1.29 is 9.59 Å². The van der Waals surface area contributed by atoms with Gasteiger partial charge in [-0.25, -0.2) is 0 Å². The van der Waals surface area contributed by atoms with Crippen molar-refractivity contribution in [3.8, 4) is 0 Å². The number of Topliss-reactive ketones (excluding diaryl/α,β-unsaturated/α-hetero) is 2. The lowest BCUT2D eigenvalue weighted by atomic mass is 9.82. The summed E-state index contributed by atoms with van der Waals surface area (Å²) in [5.74, 6) is 3.28. The van der Waals surface area contributed by atoms with Crippen molar-refractivity contribution in [2.75, 3.05) is 0 Å². The first-order valence-electron chi connectivity index (χ1n) is 13.0. The van der Waals surface area contributed by atoms with Gasteiger partial charge in [0.2, 0.25) is 0 Å². The Morgan fingerprint density at radius 1 is 0.516 bits per heavy atom. The lowest BCUT2D eigenvalue weighted by Crippen LogP contribution is -2.21. The highest BCUT2D eigenvalue weighted by Gasteiger charge is 2.27. The summed E-state index contributed by atoms with van der Waals surface area (Å²) >= 11 is 0. The molecule has 2 heteroatoms. The summed E-state index contributed by atoms with van der Waals surface area (Å²) in [6.45, 7) is 17.2. The molecule has 0 aromatic rings. The molecule has 2 nitrogen and oxygen atoms in total. The monoisotopic (exact) mass is 430 g/mol. The lowest BCUT2D eigenvalue weighted by Gasteiger charge is -2.20. The largest absolute Gasteiger partial charge is 0.289 e. The molecule has 0 spiro atoms. The zero-order valence-corrected chi connectivity index (χ0v) is 21.9. The van der Waals surface area contributed by atoms with Gasteiger partial charge in [-0.15, -0.1) is 0 Å². The minimum absolute atomic E-state index is 0.0582. The van der Waals surface area contributed by atoms with E-state index in [1.54, 1.807) is 13.8 Å². The Kier molecular flexibility index (Phi) is 12.6. The molecule has 31 heavy (non-hydrogen) atoms. The topological polar surface area (TPSA) is 34.1 Å². The van der Waals surface area contributed by atoms with E-state index in [4.69, 9.17) is 0 Å². The Balaban J connectivity index is 2.22. The summed E-state index contributed by atoms with van der Waals surface area (Å²) < 4.78 is 0. The average molecular weight is 431 g/mol. The van der Waals surface area contributed by atoms with Gasteiger partial charge in [0, 0.05) is 22.3 Å². The smallest absolute Gasteiger partial charge is 0.185 e. The summed E-state index contributed by atoms with van der Waals surface area (Å²) in [5.41, 5.74) is 2.70. The Hall–Kier alpha value is -1.18. The van der Waals surface area contributed by atoms with Crippen LogP contribution >= 0.6 is 0 Å². The van der Waals surface area contributed by atoms with Crippen LogP contribution in [-0.2, 0) is 9.59 Å². The standard InChI is InChI=1S/C29H50O2/c1-20(2)12-9-13-21(3)14-10-15-22(4)16-11-17-23(5)18-19-27-26(8)28(30)24(6)25(7)29(27)31/h20-23H,9-19H2,1-8H3/t21?,22-,23+/m0/s1. The number of carbonyl (C=O) groups is 2. The highest BCUT2D eigenvalue weighted by atomic mass is 16.1. The minimum atomic E-state index is 0.0582. The Bertz CT molecular complexity index is 650. The van der Waals surface area contributed by atoms with Crippen LogP contribution < -0.4 is 0 Å². The molecule has 0 N–H and O–H groups in total. The second-order valence-corrected chi connectivity index (χ2v) is 11.1. The van der Waals surface area contributed by atoms with Gasteiger partial charge < -0.3 is 0 Å². The van der Waals surface area contributed by atoms with Crippen molar-refractivity contribution >= 4 is 11.6 Å². The molecule has 0 aromatic carbocycles. The van der Waals surface area contributed by atoms with E-state index in [9.17, 15) is 9.59 Å². The van der Waals surface area contributed by atoms with Crippen molar-refractivity contribution in [2.45, 2.75) is 126 Å². The molecule has 1 unspecified atom stereocenters. The summed E-state index contributed by atoms with van der Waals surface area (Å²) in [6, 6.07) is 0. The third-order valence-corrected chi connectivity index (χ3v) is 7.46. The van der Waals surface area contributed by atoms with E-state index in [0.29, 0.717) is 22.6 Å². The molecule has 1 aliphatic rings. The van der Waals surface area contributed by atoms with E-state index in [2.05, 4.69) is 34.6 Å². The summed E-state index contributed by atoms with van der Waals surface area (Å²) in [6.07, 6.45) is 13.8. The molecule has 3 atom stereocenters. The van der Waals surface area contributed by atoms with Crippen LogP contribution in [0.5, 0.6) is 0 Å². The third kappa shape index (κ3) is 9.87. The molecule has 178 valence electrons. The van der Waals surface area contributed by atoms with Crippen molar-refractivity contribution in [1.29, 1.82) is 0 Å². The maximum atomic E-state index is 12.6. The molecule has 0 bridgehead atoms. The SMILES string of the molecule is CC1=C(C)C(=O)C(CC[C@H](C)CCC[C@@H](C)CCCC(C)CCCC(C)C)=C(C)C1=O. The zero-order valence-electron chi connectivity index (χ0n) is 21.9. The maximum Gasteiger partial charge on any atom is 0.185 e. The van der Waals surface area contributed by atoms with Crippen LogP contribution in [0.2, 0.25) is 0 Å². The Labute approximate surface area is 193 Å². The van der Waals surface area contributed by atoms with Crippen LogP contribution in [-0.4, -0.2) is 11.6 Å². The number of allylic oxidation sites excluding steroid dienone is 4. The van der Waals surface area contributed by atoms with Crippen LogP contribution in [0.25, 0.3) is 0 Å². The van der Waals surface area contributed by atoms with Gasteiger partial charge in [-0.1, -0.05) is 92.4 Å². The maximum absolute atomic E-state index is 12.6. The fraction of sp³-hybridized carbons (Fsp3) is 0.793. The molecule has 0 saturated carbocycles. The van der Waals surface area contributed by atoms with Crippen LogP contribution in [0, 0.1) is 23.7 Å². The lowest BCUT2D eigenvalue weighted by molar-refractivity contribution is -0.116. The molecular weight excluding hydrogens is 380 g/mol. The molecule has 1 aliphatic carbocycles. The molecule has 0 heterocycles. The van der Waals surface area contributed by atoms with Crippen LogP contribution in [0.3, 0.4) is 0 Å². The van der Waals surface area contributed by atoms with Gasteiger partial charge >= 0.3 is 0 Å². The first kappa shape index (κ1) is 27.9. The van der Waals surface area contributed by atoms with Gasteiger partial charge in [0.05, 0.1) is 0 Å². The predicted molar refractivity (Wildman–Crippen MR) is 134 cm³/mol.